The van der Waals surface area contributed by atoms with Crippen LogP contribution in [0.2, 0.25) is 0 Å². The lowest BCUT2D eigenvalue weighted by atomic mass is 10.1. The highest BCUT2D eigenvalue weighted by molar-refractivity contribution is 7.71. The van der Waals surface area contributed by atoms with Gasteiger partial charge in [0, 0.05) is 18.4 Å². The van der Waals surface area contributed by atoms with Crippen molar-refractivity contribution in [1.29, 1.82) is 0 Å². The number of para-hydroxylation sites is 1. The molecule has 0 spiro atoms. The largest absolute Gasteiger partial charge is 0.352 e. The summed E-state index contributed by atoms with van der Waals surface area (Å²) in [6.07, 6.45) is 0.468. The predicted molar refractivity (Wildman–Crippen MR) is 106 cm³/mol. The molecule has 1 aromatic heterocycles. The van der Waals surface area contributed by atoms with Crippen molar-refractivity contribution in [2.24, 2.45) is 0 Å². The number of fused-ring (bicyclic) bond motifs is 3. The highest BCUT2D eigenvalue weighted by Gasteiger charge is 2.32. The minimum Gasteiger partial charge on any atom is -0.352 e. The van der Waals surface area contributed by atoms with Crippen molar-refractivity contribution in [3.05, 3.63) is 64.7 Å². The Kier molecular flexibility index (Phi) is 4.87. The number of halogens is 1. The number of hydrogen-bond donors (Lipinski definition) is 2. The number of amides is 2. The molecule has 2 N–H and O–H groups in total. The van der Waals surface area contributed by atoms with Gasteiger partial charge in [-0.05, 0) is 48.5 Å². The second-order valence-corrected chi connectivity index (χ2v) is 6.94. The van der Waals surface area contributed by atoms with Crippen molar-refractivity contribution < 1.29 is 14.0 Å². The van der Waals surface area contributed by atoms with Gasteiger partial charge >= 0.3 is 0 Å². The SMILES string of the molecule is O=C(CCC1C(=O)Nc2c3ccccc3nc(=S)n21)NCc1ccc(F)cc1. The lowest BCUT2D eigenvalue weighted by molar-refractivity contribution is -0.122. The van der Waals surface area contributed by atoms with E-state index < -0.39 is 6.04 Å². The van der Waals surface area contributed by atoms with Crippen LogP contribution in [0.5, 0.6) is 0 Å². The minimum absolute atomic E-state index is 0.160. The van der Waals surface area contributed by atoms with Crippen molar-refractivity contribution in [2.75, 3.05) is 5.32 Å². The molecule has 0 saturated carbocycles. The van der Waals surface area contributed by atoms with Crippen LogP contribution in [0.1, 0.15) is 24.4 Å². The van der Waals surface area contributed by atoms with E-state index in [2.05, 4.69) is 15.6 Å². The molecule has 1 aliphatic heterocycles. The normalized spacial score (nSPS) is 15.3. The van der Waals surface area contributed by atoms with Crippen molar-refractivity contribution in [3.8, 4) is 0 Å². The van der Waals surface area contributed by atoms with Crippen LogP contribution in [-0.4, -0.2) is 21.4 Å². The second kappa shape index (κ2) is 7.47. The molecule has 4 rings (SSSR count). The van der Waals surface area contributed by atoms with Gasteiger partial charge in [-0.1, -0.05) is 24.3 Å². The zero-order valence-corrected chi connectivity index (χ0v) is 15.6. The highest BCUT2D eigenvalue weighted by Crippen LogP contribution is 2.33. The summed E-state index contributed by atoms with van der Waals surface area (Å²) in [6.45, 7) is 0.304. The Morgan fingerprint density at radius 3 is 2.75 bits per heavy atom. The van der Waals surface area contributed by atoms with Crippen molar-refractivity contribution in [1.82, 2.24) is 14.9 Å². The Morgan fingerprint density at radius 1 is 1.21 bits per heavy atom. The molecule has 1 unspecified atom stereocenters. The number of nitrogens with zero attached hydrogens (tertiary/aromatic N) is 2. The van der Waals surface area contributed by atoms with Gasteiger partial charge in [-0.15, -0.1) is 0 Å². The van der Waals surface area contributed by atoms with Crippen LogP contribution in [0.15, 0.2) is 48.5 Å². The molecule has 0 radical (unpaired) electrons. The summed E-state index contributed by atoms with van der Waals surface area (Å²) in [5.41, 5.74) is 1.52. The third kappa shape index (κ3) is 3.50. The highest BCUT2D eigenvalue weighted by atomic mass is 32.1. The van der Waals surface area contributed by atoms with Gasteiger partial charge in [0.2, 0.25) is 16.6 Å². The summed E-state index contributed by atoms with van der Waals surface area (Å²) in [4.78, 5) is 29.1. The number of anilines is 1. The topological polar surface area (TPSA) is 76.0 Å². The number of nitrogens with one attached hydrogen (secondary N) is 2. The minimum atomic E-state index is -0.573. The van der Waals surface area contributed by atoms with E-state index in [0.717, 1.165) is 16.5 Å². The monoisotopic (exact) mass is 396 g/mol. The van der Waals surface area contributed by atoms with Crippen molar-refractivity contribution in [2.45, 2.75) is 25.4 Å². The molecule has 3 aromatic rings. The molecule has 2 heterocycles. The maximum absolute atomic E-state index is 12.9. The lowest BCUT2D eigenvalue weighted by Gasteiger charge is -2.13. The molecular weight excluding hydrogens is 379 g/mol. The molecule has 0 saturated heterocycles. The average Bonchev–Trinajstić information content (AvgIpc) is 3.03. The Bertz CT molecular complexity index is 1130. The van der Waals surface area contributed by atoms with Crippen molar-refractivity contribution >= 4 is 40.8 Å². The predicted octanol–water partition coefficient (Wildman–Crippen LogP) is 3.49. The maximum Gasteiger partial charge on any atom is 0.248 e. The first-order chi connectivity index (χ1) is 13.5. The van der Waals surface area contributed by atoms with E-state index in [1.54, 1.807) is 16.7 Å². The molecule has 2 aromatic carbocycles. The zero-order valence-electron chi connectivity index (χ0n) is 14.8. The molecular formula is C20H17FN4O2S. The van der Waals surface area contributed by atoms with Crippen LogP contribution in [0, 0.1) is 10.6 Å². The first-order valence-electron chi connectivity index (χ1n) is 8.86. The summed E-state index contributed by atoms with van der Waals surface area (Å²) in [5.74, 6) is -0.0855. The summed E-state index contributed by atoms with van der Waals surface area (Å²) in [7, 11) is 0. The summed E-state index contributed by atoms with van der Waals surface area (Å²) in [6, 6.07) is 12.8. The molecule has 2 amide bonds. The fourth-order valence-corrected chi connectivity index (χ4v) is 3.62. The van der Waals surface area contributed by atoms with Crippen LogP contribution < -0.4 is 10.6 Å². The number of aromatic nitrogens is 2. The Morgan fingerprint density at radius 2 is 1.96 bits per heavy atom. The third-order valence-electron chi connectivity index (χ3n) is 4.73. The standard InChI is InChI=1S/C20H17FN4O2S/c21-13-7-5-12(6-8-13)11-22-17(26)10-9-16-19(27)24-18-14-3-1-2-4-15(14)23-20(28)25(16)18/h1-8,16H,9-11H2,(H,22,26)(H,24,27). The van der Waals surface area contributed by atoms with Gasteiger partial charge in [0.05, 0.1) is 5.52 Å². The molecule has 1 aliphatic rings. The van der Waals surface area contributed by atoms with Gasteiger partial charge in [0.25, 0.3) is 0 Å². The van der Waals surface area contributed by atoms with Crippen molar-refractivity contribution in [3.63, 3.8) is 0 Å². The molecule has 0 fully saturated rings. The van der Waals surface area contributed by atoms with E-state index >= 15 is 0 Å². The van der Waals surface area contributed by atoms with E-state index in [-0.39, 0.29) is 24.1 Å². The number of carbonyl (C=O) groups excluding carboxylic acids is 2. The van der Waals surface area contributed by atoms with E-state index in [4.69, 9.17) is 12.2 Å². The Balaban J connectivity index is 1.45. The molecule has 142 valence electrons. The number of carbonyl (C=O) groups is 2. The van der Waals surface area contributed by atoms with Crippen LogP contribution in [0.4, 0.5) is 10.2 Å². The number of hydrogen-bond acceptors (Lipinski definition) is 4. The number of rotatable bonds is 5. The van der Waals surface area contributed by atoms with Gasteiger partial charge < -0.3 is 10.6 Å². The first-order valence-corrected chi connectivity index (χ1v) is 9.27. The average molecular weight is 396 g/mol. The zero-order chi connectivity index (χ0) is 19.7. The van der Waals surface area contributed by atoms with Gasteiger partial charge in [-0.3, -0.25) is 14.2 Å². The van der Waals surface area contributed by atoms with Gasteiger partial charge in [0.1, 0.15) is 17.7 Å². The molecule has 0 bridgehead atoms. The van der Waals surface area contributed by atoms with Gasteiger partial charge in [0.15, 0.2) is 0 Å². The molecule has 0 aliphatic carbocycles. The molecule has 8 heteroatoms. The van der Waals surface area contributed by atoms with Gasteiger partial charge in [-0.25, -0.2) is 9.37 Å². The van der Waals surface area contributed by atoms with E-state index in [1.807, 2.05) is 24.3 Å². The van der Waals surface area contributed by atoms with Gasteiger partial charge in [-0.2, -0.15) is 0 Å². The van der Waals surface area contributed by atoms with E-state index in [1.165, 1.54) is 12.1 Å². The summed E-state index contributed by atoms with van der Waals surface area (Å²) in [5, 5.41) is 6.46. The van der Waals surface area contributed by atoms with Crippen LogP contribution in [-0.2, 0) is 16.1 Å². The van der Waals surface area contributed by atoms with Crippen LogP contribution >= 0.6 is 12.2 Å². The Hall–Kier alpha value is -3.13. The molecule has 6 nitrogen and oxygen atoms in total. The van der Waals surface area contributed by atoms with Crippen LogP contribution in [0.3, 0.4) is 0 Å². The fraction of sp³-hybridized carbons (Fsp3) is 0.200. The van der Waals surface area contributed by atoms with E-state index in [0.29, 0.717) is 23.6 Å². The Labute approximate surface area is 165 Å². The molecule has 1 atom stereocenters. The van der Waals surface area contributed by atoms with Crippen LogP contribution in [0.25, 0.3) is 10.9 Å². The number of benzene rings is 2. The summed E-state index contributed by atoms with van der Waals surface area (Å²) < 4.78 is 14.9. The fourth-order valence-electron chi connectivity index (χ4n) is 3.31. The smallest absolute Gasteiger partial charge is 0.248 e. The molecule has 28 heavy (non-hydrogen) atoms. The lowest BCUT2D eigenvalue weighted by Crippen LogP contribution is -2.25. The quantitative estimate of drug-likeness (QED) is 0.648. The first kappa shape index (κ1) is 18.2. The second-order valence-electron chi connectivity index (χ2n) is 6.58. The third-order valence-corrected chi connectivity index (χ3v) is 5.01. The maximum atomic E-state index is 12.9. The summed E-state index contributed by atoms with van der Waals surface area (Å²) >= 11 is 5.37. The van der Waals surface area contributed by atoms with E-state index in [9.17, 15) is 14.0 Å².